The second-order valence-corrected chi connectivity index (χ2v) is 3.84. The van der Waals surface area contributed by atoms with Crippen LogP contribution in [-0.2, 0) is 4.79 Å². The lowest BCUT2D eigenvalue weighted by atomic mass is 10.2. The summed E-state index contributed by atoms with van der Waals surface area (Å²) in [5, 5.41) is 19.7. The molecule has 1 rings (SSSR count). The maximum Gasteiger partial charge on any atom is 0.311 e. The van der Waals surface area contributed by atoms with E-state index in [0.29, 0.717) is 6.54 Å². The molecule has 18 heavy (non-hydrogen) atoms. The summed E-state index contributed by atoms with van der Waals surface area (Å²) in [6.07, 6.45) is 1.36. The zero-order chi connectivity index (χ0) is 13.7. The third-order valence-corrected chi connectivity index (χ3v) is 2.58. The molecule has 7 nitrogen and oxygen atoms in total. The van der Waals surface area contributed by atoms with Gasteiger partial charge in [0.15, 0.2) is 0 Å². The first-order valence-electron chi connectivity index (χ1n) is 5.55. The number of rotatable bonds is 6. The Morgan fingerprint density at radius 3 is 2.83 bits per heavy atom. The van der Waals surface area contributed by atoms with Crippen LogP contribution in [0.4, 0.5) is 11.5 Å². The molecule has 1 atom stereocenters. The van der Waals surface area contributed by atoms with Gasteiger partial charge in [0.05, 0.1) is 11.3 Å². The van der Waals surface area contributed by atoms with E-state index in [-0.39, 0.29) is 24.0 Å². The van der Waals surface area contributed by atoms with Crippen LogP contribution in [0.3, 0.4) is 0 Å². The molecule has 0 radical (unpaired) electrons. The van der Waals surface area contributed by atoms with Gasteiger partial charge in [-0.1, -0.05) is 0 Å². The van der Waals surface area contributed by atoms with Crippen molar-refractivity contribution in [2.24, 2.45) is 0 Å². The van der Waals surface area contributed by atoms with E-state index in [0.717, 1.165) is 0 Å². The second kappa shape index (κ2) is 5.95. The van der Waals surface area contributed by atoms with Crippen molar-refractivity contribution in [3.05, 3.63) is 28.4 Å². The van der Waals surface area contributed by atoms with E-state index in [1.165, 1.54) is 18.3 Å². The molecular formula is C11H15N3O4. The van der Waals surface area contributed by atoms with E-state index in [1.807, 2.05) is 0 Å². The van der Waals surface area contributed by atoms with Crippen molar-refractivity contribution in [3.8, 4) is 0 Å². The fraction of sp³-hybridized carbons (Fsp3) is 0.455. The van der Waals surface area contributed by atoms with Crippen LogP contribution in [0.15, 0.2) is 18.3 Å². The molecule has 0 saturated carbocycles. The highest BCUT2D eigenvalue weighted by Gasteiger charge is 2.24. The van der Waals surface area contributed by atoms with Gasteiger partial charge in [0.25, 0.3) is 0 Å². The third kappa shape index (κ3) is 3.16. The van der Waals surface area contributed by atoms with Gasteiger partial charge in [-0.05, 0) is 19.9 Å². The van der Waals surface area contributed by atoms with Gasteiger partial charge >= 0.3 is 11.7 Å². The molecule has 0 aliphatic carbocycles. The number of pyridine rings is 1. The smallest absolute Gasteiger partial charge is 0.311 e. The minimum Gasteiger partial charge on any atom is -0.481 e. The van der Waals surface area contributed by atoms with Crippen LogP contribution >= 0.6 is 0 Å². The van der Waals surface area contributed by atoms with Crippen molar-refractivity contribution in [3.63, 3.8) is 0 Å². The van der Waals surface area contributed by atoms with Crippen LogP contribution in [0.5, 0.6) is 0 Å². The van der Waals surface area contributed by atoms with Crippen LogP contribution in [0.2, 0.25) is 0 Å². The minimum absolute atomic E-state index is 0.0957. The molecule has 1 unspecified atom stereocenters. The van der Waals surface area contributed by atoms with Gasteiger partial charge in [0.1, 0.15) is 0 Å². The van der Waals surface area contributed by atoms with Gasteiger partial charge < -0.3 is 10.0 Å². The lowest BCUT2D eigenvalue weighted by molar-refractivity contribution is -0.384. The summed E-state index contributed by atoms with van der Waals surface area (Å²) in [5.74, 6) is -0.738. The van der Waals surface area contributed by atoms with Crippen LogP contribution in [0, 0.1) is 10.1 Å². The van der Waals surface area contributed by atoms with Gasteiger partial charge in [-0.15, -0.1) is 0 Å². The maximum atomic E-state index is 10.9. The largest absolute Gasteiger partial charge is 0.481 e. The van der Waals surface area contributed by atoms with Gasteiger partial charge in [-0.2, -0.15) is 0 Å². The van der Waals surface area contributed by atoms with Gasteiger partial charge in [-0.25, -0.2) is 4.98 Å². The lowest BCUT2D eigenvalue weighted by Gasteiger charge is -2.27. The molecule has 0 saturated heterocycles. The quantitative estimate of drug-likeness (QED) is 0.612. The molecule has 1 aromatic rings. The van der Waals surface area contributed by atoms with Crippen molar-refractivity contribution in [1.82, 2.24) is 4.98 Å². The fourth-order valence-corrected chi connectivity index (χ4v) is 1.79. The maximum absolute atomic E-state index is 10.9. The number of hydrogen-bond acceptors (Lipinski definition) is 5. The number of aliphatic carboxylic acids is 1. The Kier molecular flexibility index (Phi) is 4.59. The van der Waals surface area contributed by atoms with E-state index in [1.54, 1.807) is 18.7 Å². The zero-order valence-electron chi connectivity index (χ0n) is 10.2. The van der Waals surface area contributed by atoms with E-state index < -0.39 is 10.9 Å². The van der Waals surface area contributed by atoms with Gasteiger partial charge in [0, 0.05) is 24.8 Å². The third-order valence-electron chi connectivity index (χ3n) is 2.58. The fourth-order valence-electron chi connectivity index (χ4n) is 1.79. The molecule has 0 aliphatic rings. The Morgan fingerprint density at radius 1 is 1.67 bits per heavy atom. The molecule has 1 heterocycles. The van der Waals surface area contributed by atoms with Crippen molar-refractivity contribution >= 4 is 17.5 Å². The Morgan fingerprint density at radius 2 is 2.33 bits per heavy atom. The number of carboxylic acids is 1. The first-order chi connectivity index (χ1) is 8.47. The highest BCUT2D eigenvalue weighted by atomic mass is 16.6. The monoisotopic (exact) mass is 253 g/mol. The first kappa shape index (κ1) is 13.9. The Hall–Kier alpha value is -2.18. The Balaban J connectivity index is 3.08. The first-order valence-corrected chi connectivity index (χ1v) is 5.55. The van der Waals surface area contributed by atoms with E-state index in [4.69, 9.17) is 5.11 Å². The number of carboxylic acid groups (broad SMARTS) is 1. The SMILES string of the molecule is CCN(c1ncccc1[N+](=O)[O-])C(C)CC(=O)O. The molecular weight excluding hydrogens is 238 g/mol. The summed E-state index contributed by atoms with van der Waals surface area (Å²) >= 11 is 0. The van der Waals surface area contributed by atoms with Gasteiger partial charge in [-0.3, -0.25) is 14.9 Å². The highest BCUT2D eigenvalue weighted by Crippen LogP contribution is 2.26. The number of carbonyl (C=O) groups is 1. The predicted molar refractivity (Wildman–Crippen MR) is 65.6 cm³/mol. The van der Waals surface area contributed by atoms with Crippen LogP contribution < -0.4 is 4.90 Å². The van der Waals surface area contributed by atoms with Crippen LogP contribution in [-0.4, -0.2) is 33.6 Å². The van der Waals surface area contributed by atoms with E-state index >= 15 is 0 Å². The van der Waals surface area contributed by atoms with Crippen LogP contribution in [0.25, 0.3) is 0 Å². The predicted octanol–water partition coefficient (Wildman–Crippen LogP) is 1.68. The molecule has 0 bridgehead atoms. The summed E-state index contributed by atoms with van der Waals surface area (Å²) in [5.41, 5.74) is -0.114. The molecule has 7 heteroatoms. The molecule has 98 valence electrons. The molecule has 1 N–H and O–H groups in total. The number of hydrogen-bond donors (Lipinski definition) is 1. The summed E-state index contributed by atoms with van der Waals surface area (Å²) in [6.45, 7) is 3.96. The molecule has 0 aliphatic heterocycles. The topological polar surface area (TPSA) is 96.6 Å². The van der Waals surface area contributed by atoms with Crippen molar-refractivity contribution in [2.45, 2.75) is 26.3 Å². The number of aromatic nitrogens is 1. The standard InChI is InChI=1S/C11H15N3O4/c1-3-13(8(2)7-10(15)16)11-9(14(17)18)5-4-6-12-11/h4-6,8H,3,7H2,1-2H3,(H,15,16). The van der Waals surface area contributed by atoms with Crippen LogP contribution in [0.1, 0.15) is 20.3 Å². The van der Waals surface area contributed by atoms with E-state index in [9.17, 15) is 14.9 Å². The highest BCUT2D eigenvalue weighted by molar-refractivity contribution is 5.69. The summed E-state index contributed by atoms with van der Waals surface area (Å²) in [6, 6.07) is 2.48. The normalized spacial score (nSPS) is 11.9. The Bertz CT molecular complexity index is 450. The second-order valence-electron chi connectivity index (χ2n) is 3.84. The average molecular weight is 253 g/mol. The molecule has 0 aromatic carbocycles. The van der Waals surface area contributed by atoms with Crippen molar-refractivity contribution in [2.75, 3.05) is 11.4 Å². The molecule has 1 aromatic heterocycles. The van der Waals surface area contributed by atoms with Gasteiger partial charge in [0.2, 0.25) is 5.82 Å². The Labute approximate surface area is 104 Å². The molecule has 0 fully saturated rings. The summed E-state index contributed by atoms with van der Waals surface area (Å²) in [4.78, 5) is 26.7. The summed E-state index contributed by atoms with van der Waals surface area (Å²) in [7, 11) is 0. The average Bonchev–Trinajstić information content (AvgIpc) is 2.29. The van der Waals surface area contributed by atoms with Crippen molar-refractivity contribution in [1.29, 1.82) is 0 Å². The lowest BCUT2D eigenvalue weighted by Crippen LogP contribution is -2.35. The number of anilines is 1. The number of nitrogens with zero attached hydrogens (tertiary/aromatic N) is 3. The van der Waals surface area contributed by atoms with Crippen molar-refractivity contribution < 1.29 is 14.8 Å². The zero-order valence-corrected chi connectivity index (χ0v) is 10.2. The number of nitro groups is 1. The summed E-state index contributed by atoms with van der Waals surface area (Å²) < 4.78 is 0. The molecule has 0 spiro atoms. The molecule has 0 amide bonds. The van der Waals surface area contributed by atoms with E-state index in [2.05, 4.69) is 4.98 Å². The minimum atomic E-state index is -0.945.